The maximum absolute atomic E-state index is 16.0. The van der Waals surface area contributed by atoms with E-state index >= 15 is 4.57 Å². The Kier molecular flexibility index (Phi) is 24.3. The summed E-state index contributed by atoms with van der Waals surface area (Å²) in [6.45, 7) is 9.06. The summed E-state index contributed by atoms with van der Waals surface area (Å²) < 4.78 is 95.3. The molecule has 3 N–H and O–H groups in total. The molecule has 5 heterocycles. The van der Waals surface area contributed by atoms with E-state index in [2.05, 4.69) is 56.2 Å². The van der Waals surface area contributed by atoms with Gasteiger partial charge in [-0.15, -0.1) is 0 Å². The highest BCUT2D eigenvalue weighted by Crippen LogP contribution is 2.56. The normalized spacial score (nSPS) is 18.5. The number of carbonyl (C=O) groups is 2. The van der Waals surface area contributed by atoms with Gasteiger partial charge in [0.05, 0.1) is 33.8 Å². The third kappa shape index (κ3) is 18.1. The van der Waals surface area contributed by atoms with E-state index in [0.717, 1.165) is 0 Å². The lowest BCUT2D eigenvalue weighted by atomic mass is 9.80. The number of hydrogen-bond donors (Lipinski definition) is 3. The third-order valence-electron chi connectivity index (χ3n) is 16.7. The molecular formula is C72H73Cl2N9O16P2. The van der Waals surface area contributed by atoms with Crippen LogP contribution in [-0.2, 0) is 42.5 Å². The topological polar surface area (TPSA) is 287 Å². The number of rotatable bonds is 28. The minimum absolute atomic E-state index is 0.0272. The van der Waals surface area contributed by atoms with Gasteiger partial charge in [-0.1, -0.05) is 135 Å². The van der Waals surface area contributed by atoms with Crippen molar-refractivity contribution >= 4 is 73.5 Å². The molecule has 2 saturated heterocycles. The van der Waals surface area contributed by atoms with Crippen molar-refractivity contribution in [2.75, 3.05) is 57.7 Å². The highest BCUT2D eigenvalue weighted by atomic mass is 35.5. The zero-order valence-electron chi connectivity index (χ0n) is 55.5. The number of hydrogen-bond acceptors (Lipinski definition) is 20. The lowest BCUT2D eigenvalue weighted by molar-refractivity contribution is -0.0948. The van der Waals surface area contributed by atoms with Gasteiger partial charge >= 0.3 is 21.3 Å². The first-order chi connectivity index (χ1) is 48.9. The Hall–Kier alpha value is -9.17. The van der Waals surface area contributed by atoms with Crippen molar-refractivity contribution in [2.45, 2.75) is 76.1 Å². The summed E-state index contributed by atoms with van der Waals surface area (Å²) in [5, 5.41) is 6.09. The Morgan fingerprint density at radius 1 is 0.594 bits per heavy atom. The predicted octanol–water partition coefficient (Wildman–Crippen LogP) is 14.0. The number of methoxy groups -OCH3 is 2. The highest BCUT2D eigenvalue weighted by molar-refractivity contribution is 7.49. The van der Waals surface area contributed by atoms with Gasteiger partial charge in [0.1, 0.15) is 77.6 Å². The van der Waals surface area contributed by atoms with Crippen LogP contribution >= 0.6 is 38.8 Å². The van der Waals surface area contributed by atoms with Gasteiger partial charge in [-0.05, 0) is 139 Å². The molecule has 0 bridgehead atoms. The number of halogens is 2. The Morgan fingerprint density at radius 3 is 1.60 bits per heavy atom. The molecule has 101 heavy (non-hydrogen) atoms. The number of ether oxygens (including phenoxy) is 5. The molecule has 0 spiro atoms. The second-order valence-electron chi connectivity index (χ2n) is 22.9. The average Bonchev–Trinajstić information content (AvgIpc) is 1.34. The van der Waals surface area contributed by atoms with Crippen LogP contribution in [-0.4, -0.2) is 122 Å². The van der Waals surface area contributed by atoms with Gasteiger partial charge in [0, 0.05) is 40.2 Å². The predicted molar refractivity (Wildman–Crippen MR) is 379 cm³/mol. The quantitative estimate of drug-likeness (QED) is 0.0303. The minimum atomic E-state index is -5.08. The number of imidazole rings is 1. The molecule has 2 fully saturated rings. The second-order valence-corrected chi connectivity index (χ2v) is 26.7. The number of phosphoric ester groups is 2. The number of phosphoric acid groups is 2. The van der Waals surface area contributed by atoms with Crippen LogP contribution in [0, 0.1) is 0 Å². The van der Waals surface area contributed by atoms with Gasteiger partial charge in [0.25, 0.3) is 11.8 Å². The fourth-order valence-electron chi connectivity index (χ4n) is 11.5. The van der Waals surface area contributed by atoms with Crippen LogP contribution in [0.3, 0.4) is 0 Å². The Labute approximate surface area is 592 Å². The summed E-state index contributed by atoms with van der Waals surface area (Å²) >= 11 is 12.5. The van der Waals surface area contributed by atoms with Gasteiger partial charge in [-0.2, -0.15) is 4.98 Å². The highest BCUT2D eigenvalue weighted by Gasteiger charge is 2.49. The summed E-state index contributed by atoms with van der Waals surface area (Å²) in [6.07, 6.45) is -4.08. The van der Waals surface area contributed by atoms with Crippen molar-refractivity contribution < 1.29 is 69.9 Å². The summed E-state index contributed by atoms with van der Waals surface area (Å²) in [7, 11) is -7.02. The van der Waals surface area contributed by atoms with Crippen molar-refractivity contribution in [3.8, 4) is 23.0 Å². The molecule has 2 aliphatic rings. The summed E-state index contributed by atoms with van der Waals surface area (Å²) in [6, 6.07) is 53.9. The SMILES string of the molecule is CCN(CC)CC.COc1ccc(C(OC[C@H]2O[C@@H](n3ccc(NC(=O)c4ccccc4)nc3=O)C[C@@H]2OP(=O)(OC[C@H]2O[C@@H](n3cnc4c(NC(=O)c5ccccc5)ncnc43)C[C@@H]2OP(=O)(O)Oc2ccc(Cl)cc2)Oc2ccc(Cl)cc2)(c2ccccc2)c2ccc(OC)cc2)cc1. The van der Waals surface area contributed by atoms with Crippen molar-refractivity contribution in [3.05, 3.63) is 261 Å². The molecule has 12 rings (SSSR count). The Balaban J connectivity index is 0.00000139. The van der Waals surface area contributed by atoms with Gasteiger partial charge in [0.15, 0.2) is 17.0 Å². The van der Waals surface area contributed by atoms with Gasteiger partial charge in [-0.25, -0.2) is 28.9 Å². The number of aromatic nitrogens is 6. The largest absolute Gasteiger partial charge is 0.530 e. The van der Waals surface area contributed by atoms with Crippen molar-refractivity contribution in [1.29, 1.82) is 0 Å². The van der Waals surface area contributed by atoms with E-state index in [1.807, 2.05) is 54.6 Å². The molecule has 526 valence electrons. The molecule has 25 nitrogen and oxygen atoms in total. The monoisotopic (exact) mass is 1450 g/mol. The van der Waals surface area contributed by atoms with Gasteiger partial charge in [-0.3, -0.25) is 37.2 Å². The number of fused-ring (bicyclic) bond motifs is 1. The molecule has 2 unspecified atom stereocenters. The van der Waals surface area contributed by atoms with Crippen molar-refractivity contribution in [2.24, 2.45) is 0 Å². The minimum Gasteiger partial charge on any atom is -0.497 e. The van der Waals surface area contributed by atoms with Crippen molar-refractivity contribution in [1.82, 2.24) is 34.0 Å². The maximum atomic E-state index is 16.0. The molecule has 0 radical (unpaired) electrons. The van der Waals surface area contributed by atoms with Crippen LogP contribution < -0.4 is 34.8 Å². The number of nitrogens with zero attached hydrogens (tertiary/aromatic N) is 7. The zero-order chi connectivity index (χ0) is 71.1. The molecule has 7 aromatic carbocycles. The molecule has 29 heteroatoms. The number of nitrogens with one attached hydrogen (secondary N) is 2. The summed E-state index contributed by atoms with van der Waals surface area (Å²) in [5.41, 5.74) is 0.818. The number of benzene rings is 7. The first kappa shape index (κ1) is 73.1. The average molecular weight is 1450 g/mol. The van der Waals surface area contributed by atoms with E-state index in [1.54, 1.807) is 99.1 Å². The Morgan fingerprint density at radius 2 is 1.08 bits per heavy atom. The first-order valence-corrected chi connectivity index (χ1v) is 36.0. The fourth-order valence-corrected chi connectivity index (χ4v) is 14.1. The van der Waals surface area contributed by atoms with E-state index in [1.165, 1.54) is 102 Å². The van der Waals surface area contributed by atoms with E-state index in [0.29, 0.717) is 49.4 Å². The smallest absolute Gasteiger partial charge is 0.497 e. The van der Waals surface area contributed by atoms with Gasteiger partial charge < -0.3 is 48.3 Å². The second kappa shape index (κ2) is 33.5. The number of anilines is 2. The first-order valence-electron chi connectivity index (χ1n) is 32.2. The van der Waals surface area contributed by atoms with E-state index in [-0.39, 0.29) is 53.7 Å². The molecule has 2 amide bonds. The molecule has 0 saturated carbocycles. The lowest BCUT2D eigenvalue weighted by Crippen LogP contribution is -2.38. The fraction of sp³-hybridized carbons (Fsp3) is 0.264. The summed E-state index contributed by atoms with van der Waals surface area (Å²) in [5.74, 6) is 0.154. The summed E-state index contributed by atoms with van der Waals surface area (Å²) in [4.78, 5) is 71.9. The molecule has 2 aliphatic heterocycles. The third-order valence-corrected chi connectivity index (χ3v) is 19.6. The van der Waals surface area contributed by atoms with Crippen LogP contribution in [0.25, 0.3) is 11.2 Å². The molecule has 0 aliphatic carbocycles. The van der Waals surface area contributed by atoms with E-state index in [4.69, 9.17) is 69.5 Å². The van der Waals surface area contributed by atoms with Crippen LogP contribution in [0.1, 0.15) is 83.5 Å². The van der Waals surface area contributed by atoms with Crippen LogP contribution in [0.5, 0.6) is 23.0 Å². The maximum Gasteiger partial charge on any atom is 0.530 e. The molecule has 10 aromatic rings. The molecule has 3 aromatic heterocycles. The number of carbonyl (C=O) groups excluding carboxylic acids is 2. The lowest BCUT2D eigenvalue weighted by Gasteiger charge is -2.37. The van der Waals surface area contributed by atoms with Crippen LogP contribution in [0.15, 0.2) is 218 Å². The zero-order valence-corrected chi connectivity index (χ0v) is 58.8. The molecular weight excluding hydrogens is 1380 g/mol. The van der Waals surface area contributed by atoms with Gasteiger partial charge in [0.2, 0.25) is 0 Å². The van der Waals surface area contributed by atoms with Crippen molar-refractivity contribution in [3.63, 3.8) is 0 Å². The van der Waals surface area contributed by atoms with Crippen LogP contribution in [0.4, 0.5) is 11.6 Å². The standard InChI is InChI=1S/C66H58Cl2N8O16P2.C6H15N/c1-83-49-26-18-45(19-27-49)66(44-16-10-5-11-17-44,46-20-28-50(84-2)29-21-46)85-38-55-54(37-58(87-55)75-35-34-57(73-65(75)79)72-63(77)42-12-6-3-7-13-42)92-94(82,90-52-32-24-48(68)25-33-52)86-39-56-53(91-93(80,81)89-51-30-22-47(67)23-31-51)36-59(88-56)76-41-71-60-61(69-40-70-62(60)76)74-64(78)43-14-8-4-9-15-43;1-4-7(5-2)6-3/h3-35,40-41,53-56,58-59H,36-39H2,1-2H3,(H,80,81)(H,69,70,74,78)(H,72,73,77,79);4-6H2,1-3H3/t53-,54-,55+,56+,58+,59+,94?;/m0./s1. The molecule has 8 atom stereocenters. The number of amides is 2. The van der Waals surface area contributed by atoms with Crippen LogP contribution in [0.2, 0.25) is 10.0 Å². The van der Waals surface area contributed by atoms with E-state index in [9.17, 15) is 23.8 Å². The Bertz CT molecular complexity index is 4500. The van der Waals surface area contributed by atoms with E-state index < -0.39 is 82.2 Å².